The van der Waals surface area contributed by atoms with Crippen LogP contribution in [0.5, 0.6) is 0 Å². The Hall–Kier alpha value is -4.06. The number of hydrogen-bond donors (Lipinski definition) is 2. The third kappa shape index (κ3) is 3.71. The Morgan fingerprint density at radius 3 is 2.39 bits per heavy atom. The van der Waals surface area contributed by atoms with Crippen LogP contribution >= 0.6 is 0 Å². The summed E-state index contributed by atoms with van der Waals surface area (Å²) in [7, 11) is 0. The van der Waals surface area contributed by atoms with E-state index in [4.69, 9.17) is 0 Å². The lowest BCUT2D eigenvalue weighted by molar-refractivity contribution is -0.110. The molecule has 136 valence electrons. The first-order chi connectivity index (χ1) is 13.7. The van der Waals surface area contributed by atoms with E-state index in [1.165, 1.54) is 0 Å². The smallest absolute Gasteiger partial charge is 0.275 e. The molecule has 1 aliphatic heterocycles. The molecule has 0 atom stereocenters. The summed E-state index contributed by atoms with van der Waals surface area (Å²) in [5, 5.41) is 6.74. The van der Waals surface area contributed by atoms with Crippen LogP contribution < -0.4 is 10.7 Å². The highest BCUT2D eigenvalue weighted by Crippen LogP contribution is 2.25. The fourth-order valence-electron chi connectivity index (χ4n) is 2.80. The minimum atomic E-state index is -0.324. The standard InChI is InChI=1S/C22H16N4O2/c27-21(26-23-14-15-6-2-1-3-7-15)16-10-12-17(13-11-16)24-20-18-8-4-5-9-19(18)25-22(20)28/h1-14H,(H,26,27)(H,24,25,28)/b23-14+. The lowest BCUT2D eigenvalue weighted by Gasteiger charge is -2.01. The maximum atomic E-state index is 12.2. The first-order valence-corrected chi connectivity index (χ1v) is 8.69. The second kappa shape index (κ2) is 7.67. The number of para-hydroxylation sites is 1. The largest absolute Gasteiger partial charge is 0.320 e. The van der Waals surface area contributed by atoms with Crippen molar-refractivity contribution in [3.8, 4) is 0 Å². The van der Waals surface area contributed by atoms with Gasteiger partial charge in [0.05, 0.1) is 17.6 Å². The number of hydrazone groups is 1. The van der Waals surface area contributed by atoms with Crippen LogP contribution in [0.2, 0.25) is 0 Å². The van der Waals surface area contributed by atoms with Crippen LogP contribution in [0, 0.1) is 0 Å². The first-order valence-electron chi connectivity index (χ1n) is 8.69. The van der Waals surface area contributed by atoms with E-state index in [0.29, 0.717) is 17.0 Å². The number of fused-ring (bicyclic) bond motifs is 1. The zero-order valence-electron chi connectivity index (χ0n) is 14.8. The van der Waals surface area contributed by atoms with Crippen molar-refractivity contribution < 1.29 is 9.59 Å². The molecule has 6 heteroatoms. The quantitative estimate of drug-likeness (QED) is 0.546. The van der Waals surface area contributed by atoms with Gasteiger partial charge >= 0.3 is 0 Å². The molecule has 0 bridgehead atoms. The highest BCUT2D eigenvalue weighted by molar-refractivity contribution is 6.54. The molecular formula is C22H16N4O2. The van der Waals surface area contributed by atoms with Gasteiger partial charge < -0.3 is 5.32 Å². The fraction of sp³-hybridized carbons (Fsp3) is 0. The number of amides is 2. The number of carbonyl (C=O) groups is 2. The molecule has 3 aromatic carbocycles. The van der Waals surface area contributed by atoms with E-state index in [1.807, 2.05) is 54.6 Å². The van der Waals surface area contributed by atoms with Crippen LogP contribution in [-0.4, -0.2) is 23.7 Å². The monoisotopic (exact) mass is 368 g/mol. The first kappa shape index (κ1) is 17.4. The summed E-state index contributed by atoms with van der Waals surface area (Å²) in [6.45, 7) is 0. The summed E-state index contributed by atoms with van der Waals surface area (Å²) in [6.07, 6.45) is 1.58. The molecule has 6 nitrogen and oxygen atoms in total. The van der Waals surface area contributed by atoms with Gasteiger partial charge in [-0.1, -0.05) is 48.5 Å². The Labute approximate surface area is 161 Å². The van der Waals surface area contributed by atoms with Crippen LogP contribution in [0.1, 0.15) is 21.5 Å². The van der Waals surface area contributed by atoms with Gasteiger partial charge in [0, 0.05) is 11.1 Å². The second-order valence-electron chi connectivity index (χ2n) is 6.12. The summed E-state index contributed by atoms with van der Waals surface area (Å²) in [6, 6.07) is 23.5. The molecule has 0 aromatic heterocycles. The van der Waals surface area contributed by atoms with Crippen molar-refractivity contribution in [2.24, 2.45) is 10.1 Å². The van der Waals surface area contributed by atoms with Crippen LogP contribution in [0.3, 0.4) is 0 Å². The summed E-state index contributed by atoms with van der Waals surface area (Å²) in [5.74, 6) is -0.561. The van der Waals surface area contributed by atoms with Gasteiger partial charge in [0.15, 0.2) is 0 Å². The van der Waals surface area contributed by atoms with Crippen LogP contribution in [-0.2, 0) is 4.79 Å². The number of nitrogens with zero attached hydrogens (tertiary/aromatic N) is 2. The Bertz CT molecular complexity index is 1090. The second-order valence-corrected chi connectivity index (χ2v) is 6.12. The molecule has 0 saturated carbocycles. The van der Waals surface area contributed by atoms with E-state index in [1.54, 1.807) is 30.5 Å². The summed E-state index contributed by atoms with van der Waals surface area (Å²) in [5.41, 5.74) is 6.30. The van der Waals surface area contributed by atoms with Crippen molar-refractivity contribution in [3.63, 3.8) is 0 Å². The molecule has 4 rings (SSSR count). The lowest BCUT2D eigenvalue weighted by Crippen LogP contribution is -2.17. The molecule has 0 fully saturated rings. The summed E-state index contributed by atoms with van der Waals surface area (Å²) >= 11 is 0. The van der Waals surface area contributed by atoms with Gasteiger partial charge in [-0.3, -0.25) is 9.59 Å². The predicted molar refractivity (Wildman–Crippen MR) is 109 cm³/mol. The zero-order valence-corrected chi connectivity index (χ0v) is 14.8. The van der Waals surface area contributed by atoms with Gasteiger partial charge in [-0.05, 0) is 35.9 Å². The van der Waals surface area contributed by atoms with Gasteiger partial charge in [0.1, 0.15) is 5.71 Å². The Kier molecular flexibility index (Phi) is 4.76. The van der Waals surface area contributed by atoms with Gasteiger partial charge in [-0.25, -0.2) is 10.4 Å². The Balaban J connectivity index is 1.46. The van der Waals surface area contributed by atoms with Crippen molar-refractivity contribution in [3.05, 3.63) is 95.6 Å². The van der Waals surface area contributed by atoms with E-state index in [9.17, 15) is 9.59 Å². The third-order valence-electron chi connectivity index (χ3n) is 4.20. The average Bonchev–Trinajstić information content (AvgIpc) is 3.04. The van der Waals surface area contributed by atoms with Crippen molar-refractivity contribution >= 4 is 35.1 Å². The third-order valence-corrected chi connectivity index (χ3v) is 4.20. The number of nitrogens with one attached hydrogen (secondary N) is 2. The molecule has 2 amide bonds. The maximum Gasteiger partial charge on any atom is 0.275 e. The Morgan fingerprint density at radius 2 is 1.61 bits per heavy atom. The SMILES string of the molecule is O=C1Nc2ccccc2C1=Nc1ccc(C(=O)N/N=C/c2ccccc2)cc1. The number of aliphatic imine (C=N–C) groups is 1. The molecule has 0 spiro atoms. The van der Waals surface area contributed by atoms with E-state index >= 15 is 0 Å². The van der Waals surface area contributed by atoms with Crippen molar-refractivity contribution in [1.82, 2.24) is 5.43 Å². The topological polar surface area (TPSA) is 82.9 Å². The van der Waals surface area contributed by atoms with E-state index < -0.39 is 0 Å². The lowest BCUT2D eigenvalue weighted by atomic mass is 10.1. The van der Waals surface area contributed by atoms with Crippen LogP contribution in [0.15, 0.2) is 89.0 Å². The summed E-state index contributed by atoms with van der Waals surface area (Å²) < 4.78 is 0. The fourth-order valence-corrected chi connectivity index (χ4v) is 2.80. The van der Waals surface area contributed by atoms with Gasteiger partial charge in [0.25, 0.3) is 11.8 Å². The van der Waals surface area contributed by atoms with Crippen LogP contribution in [0.25, 0.3) is 0 Å². The molecular weight excluding hydrogens is 352 g/mol. The van der Waals surface area contributed by atoms with Crippen molar-refractivity contribution in [2.45, 2.75) is 0 Å². The molecule has 1 aliphatic rings. The maximum absolute atomic E-state index is 12.2. The molecule has 0 unspecified atom stereocenters. The zero-order chi connectivity index (χ0) is 19.3. The van der Waals surface area contributed by atoms with E-state index in [0.717, 1.165) is 16.8 Å². The molecule has 0 aliphatic carbocycles. The van der Waals surface area contributed by atoms with Gasteiger partial charge in [-0.2, -0.15) is 5.10 Å². The summed E-state index contributed by atoms with van der Waals surface area (Å²) in [4.78, 5) is 28.7. The molecule has 3 aromatic rings. The van der Waals surface area contributed by atoms with Gasteiger partial charge in [0.2, 0.25) is 0 Å². The Morgan fingerprint density at radius 1 is 0.893 bits per heavy atom. The number of hydrogen-bond acceptors (Lipinski definition) is 4. The number of anilines is 1. The van der Waals surface area contributed by atoms with E-state index in [-0.39, 0.29) is 11.8 Å². The van der Waals surface area contributed by atoms with Crippen molar-refractivity contribution in [2.75, 3.05) is 5.32 Å². The average molecular weight is 368 g/mol. The molecule has 0 saturated heterocycles. The minimum Gasteiger partial charge on any atom is -0.320 e. The molecule has 1 heterocycles. The molecule has 0 radical (unpaired) electrons. The number of carbonyl (C=O) groups excluding carboxylic acids is 2. The normalized spacial score (nSPS) is 14.1. The number of rotatable bonds is 4. The molecule has 28 heavy (non-hydrogen) atoms. The minimum absolute atomic E-state index is 0.238. The van der Waals surface area contributed by atoms with Crippen molar-refractivity contribution in [1.29, 1.82) is 0 Å². The highest BCUT2D eigenvalue weighted by Gasteiger charge is 2.25. The van der Waals surface area contributed by atoms with E-state index in [2.05, 4.69) is 20.8 Å². The van der Waals surface area contributed by atoms with Crippen LogP contribution in [0.4, 0.5) is 11.4 Å². The molecule has 2 N–H and O–H groups in total. The van der Waals surface area contributed by atoms with Gasteiger partial charge in [-0.15, -0.1) is 0 Å². The number of benzene rings is 3. The predicted octanol–water partition coefficient (Wildman–Crippen LogP) is 3.52. The highest BCUT2D eigenvalue weighted by atomic mass is 16.2.